The largest absolute Gasteiger partial charge is 0.481 e. The lowest BCUT2D eigenvalue weighted by molar-refractivity contribution is 0.0407. The van der Waals surface area contributed by atoms with Crippen molar-refractivity contribution in [2.45, 2.75) is 38.5 Å². The molecule has 1 aliphatic rings. The minimum Gasteiger partial charge on any atom is -0.481 e. The smallest absolute Gasteiger partial charge is 0.217 e. The lowest BCUT2D eigenvalue weighted by atomic mass is 10.00. The van der Waals surface area contributed by atoms with Crippen LogP contribution < -0.4 is 4.74 Å². The van der Waals surface area contributed by atoms with Gasteiger partial charge in [0, 0.05) is 37.4 Å². The van der Waals surface area contributed by atoms with E-state index in [2.05, 4.69) is 20.2 Å². The number of pyridine rings is 1. The van der Waals surface area contributed by atoms with Gasteiger partial charge in [-0.3, -0.25) is 4.90 Å². The number of hydrogen-bond acceptors (Lipinski definition) is 6. The van der Waals surface area contributed by atoms with Crippen LogP contribution in [0.15, 0.2) is 24.5 Å². The molecule has 3 heterocycles. The van der Waals surface area contributed by atoms with Crippen molar-refractivity contribution < 1.29 is 9.84 Å². The number of aliphatic hydroxyl groups is 1. The van der Waals surface area contributed by atoms with E-state index in [0.717, 1.165) is 12.1 Å². The second kappa shape index (κ2) is 6.25. The molecule has 7 nitrogen and oxygen atoms in total. The van der Waals surface area contributed by atoms with Crippen LogP contribution in [-0.2, 0) is 12.1 Å². The summed E-state index contributed by atoms with van der Waals surface area (Å²) in [5.74, 6) is 0.633. The van der Waals surface area contributed by atoms with Crippen LogP contribution in [0.5, 0.6) is 5.88 Å². The van der Waals surface area contributed by atoms with E-state index in [0.29, 0.717) is 31.1 Å². The number of methoxy groups -OCH3 is 1. The first-order valence-corrected chi connectivity index (χ1v) is 7.87. The van der Waals surface area contributed by atoms with Gasteiger partial charge >= 0.3 is 0 Å². The van der Waals surface area contributed by atoms with Gasteiger partial charge in [-0.05, 0) is 26.3 Å². The van der Waals surface area contributed by atoms with Crippen LogP contribution in [0.1, 0.15) is 37.6 Å². The molecule has 2 aromatic rings. The topological polar surface area (TPSA) is 76.3 Å². The molecule has 3 rings (SSSR count). The predicted octanol–water partition coefficient (Wildman–Crippen LogP) is 1.36. The van der Waals surface area contributed by atoms with Gasteiger partial charge in [0.15, 0.2) is 0 Å². The van der Waals surface area contributed by atoms with E-state index in [1.807, 2.05) is 32.2 Å². The third kappa shape index (κ3) is 3.20. The summed E-state index contributed by atoms with van der Waals surface area (Å²) in [5, 5.41) is 19.2. The molecule has 0 aliphatic carbocycles. The molecule has 0 saturated carbocycles. The van der Waals surface area contributed by atoms with Crippen LogP contribution in [0.3, 0.4) is 0 Å². The second-order valence-electron chi connectivity index (χ2n) is 6.34. The Labute approximate surface area is 135 Å². The van der Waals surface area contributed by atoms with Crippen molar-refractivity contribution >= 4 is 0 Å². The second-order valence-corrected chi connectivity index (χ2v) is 6.34. The van der Waals surface area contributed by atoms with Crippen molar-refractivity contribution in [2.75, 3.05) is 20.2 Å². The number of nitrogens with zero attached hydrogens (tertiary/aromatic N) is 5. The van der Waals surface area contributed by atoms with Crippen molar-refractivity contribution in [3.8, 4) is 5.88 Å². The number of likely N-dealkylation sites (tertiary alicyclic amines) is 1. The van der Waals surface area contributed by atoms with Crippen molar-refractivity contribution in [2.24, 2.45) is 0 Å². The highest BCUT2D eigenvalue weighted by Gasteiger charge is 2.40. The molecule has 1 atom stereocenters. The third-order valence-corrected chi connectivity index (χ3v) is 4.28. The maximum atomic E-state index is 10.9. The number of rotatable bonds is 5. The lowest BCUT2D eigenvalue weighted by Gasteiger charge is -2.21. The van der Waals surface area contributed by atoms with E-state index in [-0.39, 0.29) is 6.04 Å². The van der Waals surface area contributed by atoms with Crippen LogP contribution >= 0.6 is 0 Å². The normalized spacial score (nSPS) is 22.0. The lowest BCUT2D eigenvalue weighted by Crippen LogP contribution is -2.31. The molecule has 0 spiro atoms. The van der Waals surface area contributed by atoms with E-state index in [9.17, 15) is 5.11 Å². The zero-order chi connectivity index (χ0) is 16.4. The van der Waals surface area contributed by atoms with Gasteiger partial charge in [0.25, 0.3) is 0 Å². The highest BCUT2D eigenvalue weighted by Crippen LogP contribution is 2.32. The Bertz CT molecular complexity index is 672. The summed E-state index contributed by atoms with van der Waals surface area (Å²) < 4.78 is 7.07. The molecule has 1 unspecified atom stereocenters. The fourth-order valence-corrected chi connectivity index (χ4v) is 2.93. The van der Waals surface area contributed by atoms with Crippen LogP contribution in [0, 0.1) is 0 Å². The van der Waals surface area contributed by atoms with E-state index >= 15 is 0 Å². The molecular formula is C16H23N5O2. The summed E-state index contributed by atoms with van der Waals surface area (Å²) in [7, 11) is 1.62. The summed E-state index contributed by atoms with van der Waals surface area (Å²) in [6, 6.07) is 4.13. The standard InChI is InChI=1S/C16H23N5O2/c1-12(2)21-10-14(18-19-21)16(22)6-8-20(11-16)9-13-5-4-7-17-15(13)23-3/h4-5,7,10,12,22H,6,8-9,11H2,1-3H3. The van der Waals surface area contributed by atoms with Crippen LogP contribution in [0.2, 0.25) is 0 Å². The zero-order valence-corrected chi connectivity index (χ0v) is 13.8. The van der Waals surface area contributed by atoms with Crippen molar-refractivity contribution in [1.82, 2.24) is 24.9 Å². The highest BCUT2D eigenvalue weighted by atomic mass is 16.5. The van der Waals surface area contributed by atoms with E-state index < -0.39 is 5.60 Å². The Hall–Kier alpha value is -1.99. The molecule has 0 radical (unpaired) electrons. The minimum absolute atomic E-state index is 0.233. The zero-order valence-electron chi connectivity index (χ0n) is 13.8. The Balaban J connectivity index is 1.72. The van der Waals surface area contributed by atoms with Crippen molar-refractivity contribution in [1.29, 1.82) is 0 Å². The predicted molar refractivity (Wildman–Crippen MR) is 85.0 cm³/mol. The first-order chi connectivity index (χ1) is 11.0. The molecular weight excluding hydrogens is 294 g/mol. The number of ether oxygens (including phenoxy) is 1. The van der Waals surface area contributed by atoms with Crippen LogP contribution in [0.25, 0.3) is 0 Å². The Morgan fingerprint density at radius 2 is 2.26 bits per heavy atom. The molecule has 124 valence electrons. The van der Waals surface area contributed by atoms with Crippen molar-refractivity contribution in [3.05, 3.63) is 35.8 Å². The van der Waals surface area contributed by atoms with Gasteiger partial charge in [0.05, 0.1) is 13.3 Å². The monoisotopic (exact) mass is 317 g/mol. The summed E-state index contributed by atoms with van der Waals surface area (Å²) in [6.07, 6.45) is 4.21. The Morgan fingerprint density at radius 1 is 1.43 bits per heavy atom. The quantitative estimate of drug-likeness (QED) is 0.897. The van der Waals surface area contributed by atoms with Gasteiger partial charge in [-0.2, -0.15) is 0 Å². The summed E-state index contributed by atoms with van der Waals surface area (Å²) in [5.41, 5.74) is 0.722. The van der Waals surface area contributed by atoms with Gasteiger partial charge in [0.2, 0.25) is 5.88 Å². The summed E-state index contributed by atoms with van der Waals surface area (Å²) in [4.78, 5) is 6.41. The molecule has 2 aromatic heterocycles. The molecule has 0 aromatic carbocycles. The van der Waals surface area contributed by atoms with E-state index in [1.165, 1.54) is 0 Å². The fraction of sp³-hybridized carbons (Fsp3) is 0.562. The van der Waals surface area contributed by atoms with E-state index in [1.54, 1.807) is 18.0 Å². The van der Waals surface area contributed by atoms with Gasteiger partial charge in [-0.25, -0.2) is 9.67 Å². The maximum Gasteiger partial charge on any atom is 0.217 e. The fourth-order valence-electron chi connectivity index (χ4n) is 2.93. The molecule has 1 aliphatic heterocycles. The molecule has 1 fully saturated rings. The first-order valence-electron chi connectivity index (χ1n) is 7.87. The SMILES string of the molecule is COc1ncccc1CN1CCC(O)(c2cn(C(C)C)nn2)C1. The minimum atomic E-state index is -0.942. The number of aromatic nitrogens is 4. The third-order valence-electron chi connectivity index (χ3n) is 4.28. The van der Waals surface area contributed by atoms with Gasteiger partial charge in [0.1, 0.15) is 11.3 Å². The average Bonchev–Trinajstić information content (AvgIpc) is 3.16. The van der Waals surface area contributed by atoms with Crippen LogP contribution in [0.4, 0.5) is 0 Å². The van der Waals surface area contributed by atoms with Crippen molar-refractivity contribution in [3.63, 3.8) is 0 Å². The highest BCUT2D eigenvalue weighted by molar-refractivity contribution is 5.25. The molecule has 23 heavy (non-hydrogen) atoms. The van der Waals surface area contributed by atoms with Gasteiger partial charge in [-0.1, -0.05) is 11.3 Å². The van der Waals surface area contributed by atoms with Gasteiger partial charge < -0.3 is 9.84 Å². The van der Waals surface area contributed by atoms with Crippen LogP contribution in [-0.4, -0.2) is 50.2 Å². The number of hydrogen-bond donors (Lipinski definition) is 1. The summed E-state index contributed by atoms with van der Waals surface area (Å²) >= 11 is 0. The molecule has 0 bridgehead atoms. The molecule has 7 heteroatoms. The molecule has 1 saturated heterocycles. The average molecular weight is 317 g/mol. The molecule has 1 N–H and O–H groups in total. The Morgan fingerprint density at radius 3 is 2.96 bits per heavy atom. The van der Waals surface area contributed by atoms with Gasteiger partial charge in [-0.15, -0.1) is 5.10 Å². The summed E-state index contributed by atoms with van der Waals surface area (Å²) in [6.45, 7) is 6.10. The maximum absolute atomic E-state index is 10.9. The van der Waals surface area contributed by atoms with E-state index in [4.69, 9.17) is 4.74 Å². The first kappa shape index (κ1) is 15.9. The number of β-amino-alcohol motifs (C(OH)–C–C–N with tert-alkyl or cyclic N) is 1. The molecule has 0 amide bonds. The Kier molecular flexibility index (Phi) is 4.32.